The monoisotopic (exact) mass is 498 g/mol. The topological polar surface area (TPSA) is 33.1 Å². The lowest BCUT2D eigenvalue weighted by molar-refractivity contribution is 0.197. The molecule has 1 N–H and O–H groups in total. The van der Waals surface area contributed by atoms with Gasteiger partial charge in [-0.2, -0.15) is 0 Å². The molecule has 0 spiro atoms. The quantitative estimate of drug-likeness (QED) is 0.388. The van der Waals surface area contributed by atoms with Gasteiger partial charge >= 0.3 is 0 Å². The molecule has 7 heteroatoms. The molecule has 0 bridgehead atoms. The van der Waals surface area contributed by atoms with E-state index in [0.29, 0.717) is 16.1 Å². The first-order valence-corrected chi connectivity index (χ1v) is 12.8. The van der Waals surface area contributed by atoms with Gasteiger partial charge in [0.1, 0.15) is 0 Å². The highest BCUT2D eigenvalue weighted by Crippen LogP contribution is 2.45. The van der Waals surface area contributed by atoms with Crippen LogP contribution >= 0.6 is 35.4 Å². The summed E-state index contributed by atoms with van der Waals surface area (Å²) >= 11 is 18.9. The Labute approximate surface area is 210 Å². The number of aryl methyl sites for hydroxylation is 1. The maximum absolute atomic E-state index is 6.63. The van der Waals surface area contributed by atoms with Crippen molar-refractivity contribution in [2.45, 2.75) is 64.1 Å². The van der Waals surface area contributed by atoms with Crippen molar-refractivity contribution in [3.63, 3.8) is 0 Å². The van der Waals surface area contributed by atoms with Crippen LogP contribution in [0.3, 0.4) is 0 Å². The molecule has 2 aromatic heterocycles. The van der Waals surface area contributed by atoms with Crippen molar-refractivity contribution in [2.24, 2.45) is 0 Å². The number of nitrogens with one attached hydrogen (secondary N) is 1. The van der Waals surface area contributed by atoms with Crippen molar-refractivity contribution in [1.29, 1.82) is 0 Å². The van der Waals surface area contributed by atoms with Gasteiger partial charge in [-0.3, -0.25) is 4.98 Å². The summed E-state index contributed by atoms with van der Waals surface area (Å²) in [6.07, 6.45) is 8.01. The van der Waals surface area contributed by atoms with Gasteiger partial charge in [-0.05, 0) is 74.8 Å². The SMILES string of the molecule is Cc1cc(C2C(c3ccccn3)NC(=S)N2C2CCCCC2)c(C)n1-c1cccc(Cl)c1Cl. The summed E-state index contributed by atoms with van der Waals surface area (Å²) in [6, 6.07) is 14.6. The van der Waals surface area contributed by atoms with Crippen molar-refractivity contribution >= 4 is 40.5 Å². The van der Waals surface area contributed by atoms with Crippen molar-refractivity contribution in [3.05, 3.63) is 81.4 Å². The van der Waals surface area contributed by atoms with Gasteiger partial charge in [0.25, 0.3) is 0 Å². The molecule has 1 aliphatic carbocycles. The van der Waals surface area contributed by atoms with E-state index in [-0.39, 0.29) is 12.1 Å². The Morgan fingerprint density at radius 1 is 1.03 bits per heavy atom. The first-order valence-electron chi connectivity index (χ1n) is 11.6. The molecule has 0 radical (unpaired) electrons. The van der Waals surface area contributed by atoms with E-state index in [2.05, 4.69) is 40.8 Å². The normalized spacial score (nSPS) is 21.5. The minimum atomic E-state index is -0.00981. The van der Waals surface area contributed by atoms with Crippen LogP contribution in [0.15, 0.2) is 48.7 Å². The van der Waals surface area contributed by atoms with Gasteiger partial charge in [0.05, 0.1) is 33.5 Å². The number of halogens is 2. The van der Waals surface area contributed by atoms with Crippen LogP contribution in [-0.4, -0.2) is 25.6 Å². The van der Waals surface area contributed by atoms with E-state index < -0.39 is 0 Å². The highest BCUT2D eigenvalue weighted by Gasteiger charge is 2.44. The van der Waals surface area contributed by atoms with Gasteiger partial charge in [-0.1, -0.05) is 54.6 Å². The lowest BCUT2D eigenvalue weighted by Crippen LogP contribution is -2.40. The van der Waals surface area contributed by atoms with Crippen LogP contribution in [0, 0.1) is 13.8 Å². The van der Waals surface area contributed by atoms with Crippen LogP contribution in [-0.2, 0) is 0 Å². The molecule has 3 aromatic rings. The zero-order chi connectivity index (χ0) is 23.1. The molecule has 2 fully saturated rings. The van der Waals surface area contributed by atoms with Crippen LogP contribution in [0.2, 0.25) is 10.0 Å². The number of nitrogens with zero attached hydrogens (tertiary/aromatic N) is 3. The molecule has 2 aliphatic rings. The standard InChI is InChI=1S/C26H28Cl2N4S/c1-16-15-19(17(2)31(16)22-13-8-11-20(27)23(22)28)25-24(21-12-6-7-14-29-21)30-26(33)32(25)18-9-4-3-5-10-18/h6-8,11-15,18,24-25H,3-5,9-10H2,1-2H3,(H,30,33). The second kappa shape index (κ2) is 9.28. The molecule has 1 aliphatic heterocycles. The third-order valence-electron chi connectivity index (χ3n) is 7.06. The van der Waals surface area contributed by atoms with Gasteiger partial charge in [0.15, 0.2) is 5.11 Å². The first-order chi connectivity index (χ1) is 16.0. The number of aromatic nitrogens is 2. The molecule has 4 nitrogen and oxygen atoms in total. The molecule has 5 rings (SSSR count). The fraction of sp³-hybridized carbons (Fsp3) is 0.385. The summed E-state index contributed by atoms with van der Waals surface area (Å²) in [5.41, 5.74) is 5.42. The Kier molecular flexibility index (Phi) is 6.39. The average Bonchev–Trinajstić information content (AvgIpc) is 3.32. The highest BCUT2D eigenvalue weighted by molar-refractivity contribution is 7.80. The third kappa shape index (κ3) is 4.05. The number of pyridine rings is 1. The molecule has 33 heavy (non-hydrogen) atoms. The van der Waals surface area contributed by atoms with Crippen LogP contribution < -0.4 is 5.32 Å². The number of hydrogen-bond acceptors (Lipinski definition) is 2. The predicted octanol–water partition coefficient (Wildman–Crippen LogP) is 7.10. The number of hydrogen-bond donors (Lipinski definition) is 1. The lowest BCUT2D eigenvalue weighted by Gasteiger charge is -2.37. The average molecular weight is 500 g/mol. The van der Waals surface area contributed by atoms with Gasteiger partial charge in [-0.25, -0.2) is 0 Å². The van der Waals surface area contributed by atoms with Crippen molar-refractivity contribution in [2.75, 3.05) is 0 Å². The van der Waals surface area contributed by atoms with Crippen LogP contribution in [0.1, 0.15) is 66.8 Å². The Bertz CT molecular complexity index is 1170. The Morgan fingerprint density at radius 2 is 1.82 bits per heavy atom. The van der Waals surface area contributed by atoms with Crippen molar-refractivity contribution < 1.29 is 0 Å². The smallest absolute Gasteiger partial charge is 0.170 e. The molecule has 172 valence electrons. The minimum absolute atomic E-state index is 0.00981. The fourth-order valence-corrected chi connectivity index (χ4v) is 6.34. The summed E-state index contributed by atoms with van der Waals surface area (Å²) in [5.74, 6) is 0. The molecule has 1 saturated heterocycles. The number of rotatable bonds is 4. The number of benzene rings is 1. The Morgan fingerprint density at radius 3 is 2.55 bits per heavy atom. The lowest BCUT2D eigenvalue weighted by atomic mass is 9.90. The van der Waals surface area contributed by atoms with E-state index >= 15 is 0 Å². The molecule has 3 heterocycles. The Hall–Kier alpha value is -2.08. The minimum Gasteiger partial charge on any atom is -0.352 e. The molecule has 0 amide bonds. The summed E-state index contributed by atoms with van der Waals surface area (Å²) < 4.78 is 2.21. The van der Waals surface area contributed by atoms with E-state index in [1.807, 2.05) is 36.5 Å². The van der Waals surface area contributed by atoms with Gasteiger partial charge in [-0.15, -0.1) is 0 Å². The van der Waals surface area contributed by atoms with Crippen LogP contribution in [0.4, 0.5) is 0 Å². The second-order valence-corrected chi connectivity index (χ2v) is 10.2. The van der Waals surface area contributed by atoms with E-state index in [9.17, 15) is 0 Å². The summed E-state index contributed by atoms with van der Waals surface area (Å²) in [4.78, 5) is 7.16. The summed E-state index contributed by atoms with van der Waals surface area (Å²) in [6.45, 7) is 4.28. The van der Waals surface area contributed by atoms with Gasteiger partial charge in [0.2, 0.25) is 0 Å². The number of thiocarbonyl (C=S) groups is 1. The van der Waals surface area contributed by atoms with E-state index in [4.69, 9.17) is 40.4 Å². The maximum atomic E-state index is 6.63. The maximum Gasteiger partial charge on any atom is 0.170 e. The van der Waals surface area contributed by atoms with Crippen LogP contribution in [0.25, 0.3) is 5.69 Å². The van der Waals surface area contributed by atoms with Gasteiger partial charge in [0, 0.05) is 23.6 Å². The van der Waals surface area contributed by atoms with Crippen molar-refractivity contribution in [1.82, 2.24) is 19.8 Å². The molecular formula is C26H28Cl2N4S. The first kappa shape index (κ1) is 22.7. The second-order valence-electron chi connectivity index (χ2n) is 9.06. The van der Waals surface area contributed by atoms with E-state index in [1.165, 1.54) is 37.7 Å². The molecular weight excluding hydrogens is 471 g/mol. The van der Waals surface area contributed by atoms with E-state index in [0.717, 1.165) is 27.9 Å². The zero-order valence-corrected chi connectivity index (χ0v) is 21.2. The van der Waals surface area contributed by atoms with E-state index in [1.54, 1.807) is 0 Å². The molecule has 2 atom stereocenters. The molecule has 1 saturated carbocycles. The van der Waals surface area contributed by atoms with Crippen LogP contribution in [0.5, 0.6) is 0 Å². The largest absolute Gasteiger partial charge is 0.352 e. The highest BCUT2D eigenvalue weighted by atomic mass is 35.5. The molecule has 1 aromatic carbocycles. The van der Waals surface area contributed by atoms with Gasteiger partial charge < -0.3 is 14.8 Å². The fourth-order valence-electron chi connectivity index (χ4n) is 5.57. The van der Waals surface area contributed by atoms with Crippen molar-refractivity contribution in [3.8, 4) is 5.69 Å². The zero-order valence-electron chi connectivity index (χ0n) is 18.9. The summed E-state index contributed by atoms with van der Waals surface area (Å²) in [7, 11) is 0. The Balaban J connectivity index is 1.65. The predicted molar refractivity (Wildman–Crippen MR) is 139 cm³/mol. The summed E-state index contributed by atoms with van der Waals surface area (Å²) in [5, 5.41) is 5.57. The third-order valence-corrected chi connectivity index (χ3v) is 8.20. The molecule has 2 unspecified atom stereocenters.